The molecule has 1 aliphatic rings. The van der Waals surface area contributed by atoms with Gasteiger partial charge in [0.25, 0.3) is 5.91 Å². The molecule has 6 nitrogen and oxygen atoms in total. The first-order valence-corrected chi connectivity index (χ1v) is 11.0. The van der Waals surface area contributed by atoms with Crippen LogP contribution in [0.4, 0.5) is 0 Å². The van der Waals surface area contributed by atoms with E-state index in [-0.39, 0.29) is 16.8 Å². The number of benzene rings is 2. The quantitative estimate of drug-likeness (QED) is 0.574. The molecule has 1 saturated carbocycles. The number of amides is 1. The normalized spacial score (nSPS) is 14.3. The molecule has 2 N–H and O–H groups in total. The van der Waals surface area contributed by atoms with Crippen LogP contribution in [0.15, 0.2) is 65.7 Å². The van der Waals surface area contributed by atoms with E-state index in [0.717, 1.165) is 25.8 Å². The van der Waals surface area contributed by atoms with Gasteiger partial charge in [-0.3, -0.25) is 4.79 Å². The second-order valence-electron chi connectivity index (χ2n) is 7.10. The molecule has 1 fully saturated rings. The molecule has 3 aromatic rings. The van der Waals surface area contributed by atoms with Gasteiger partial charge in [-0.15, -0.1) is 0 Å². The molecule has 1 heterocycles. The fourth-order valence-electron chi connectivity index (χ4n) is 3.16. The Morgan fingerprint density at radius 3 is 2.54 bits per heavy atom. The van der Waals surface area contributed by atoms with Gasteiger partial charge in [0, 0.05) is 36.4 Å². The average molecular weight is 398 g/mol. The van der Waals surface area contributed by atoms with Gasteiger partial charge in [0.15, 0.2) is 0 Å². The Balaban J connectivity index is 1.29. The van der Waals surface area contributed by atoms with Crippen molar-refractivity contribution in [3.63, 3.8) is 0 Å². The smallest absolute Gasteiger partial charge is 0.251 e. The minimum absolute atomic E-state index is 0.0605. The summed E-state index contributed by atoms with van der Waals surface area (Å²) >= 11 is 0. The Morgan fingerprint density at radius 1 is 1.04 bits per heavy atom. The summed E-state index contributed by atoms with van der Waals surface area (Å²) in [6, 6.07) is 16.4. The first kappa shape index (κ1) is 18.7. The molecule has 0 bridgehead atoms. The molecule has 4 rings (SSSR count). The summed E-state index contributed by atoms with van der Waals surface area (Å²) in [6.07, 6.45) is 4.64. The molecule has 28 heavy (non-hydrogen) atoms. The van der Waals surface area contributed by atoms with E-state index in [1.807, 2.05) is 12.1 Å². The van der Waals surface area contributed by atoms with Crippen molar-refractivity contribution in [2.75, 3.05) is 6.54 Å². The molecule has 1 aliphatic carbocycles. The molecule has 0 atom stereocenters. The predicted molar refractivity (Wildman–Crippen MR) is 109 cm³/mol. The molecule has 1 amide bonds. The number of nitrogens with zero attached hydrogens (tertiary/aromatic N) is 1. The van der Waals surface area contributed by atoms with Crippen molar-refractivity contribution in [1.29, 1.82) is 0 Å². The molecule has 1 aromatic heterocycles. The van der Waals surface area contributed by atoms with Gasteiger partial charge in [-0.05, 0) is 61.0 Å². The number of hydrogen-bond donors (Lipinski definition) is 2. The van der Waals surface area contributed by atoms with Gasteiger partial charge < -0.3 is 9.88 Å². The number of hydrogen-bond acceptors (Lipinski definition) is 3. The zero-order valence-corrected chi connectivity index (χ0v) is 16.3. The first-order valence-electron chi connectivity index (χ1n) is 9.47. The largest absolute Gasteiger partial charge is 0.352 e. The number of aryl methyl sites for hydroxylation is 1. The molecule has 146 valence electrons. The highest BCUT2D eigenvalue weighted by molar-refractivity contribution is 7.89. The average Bonchev–Trinajstić information content (AvgIpc) is 3.41. The Kier molecular flexibility index (Phi) is 5.19. The molecule has 0 radical (unpaired) electrons. The van der Waals surface area contributed by atoms with Gasteiger partial charge in [-0.2, -0.15) is 0 Å². The number of para-hydroxylation sites is 1. The van der Waals surface area contributed by atoms with Crippen molar-refractivity contribution < 1.29 is 13.2 Å². The van der Waals surface area contributed by atoms with Crippen LogP contribution >= 0.6 is 0 Å². The van der Waals surface area contributed by atoms with Crippen molar-refractivity contribution in [1.82, 2.24) is 14.6 Å². The summed E-state index contributed by atoms with van der Waals surface area (Å²) in [4.78, 5) is 12.5. The van der Waals surface area contributed by atoms with Gasteiger partial charge >= 0.3 is 0 Å². The number of carbonyl (C=O) groups is 1. The number of carbonyl (C=O) groups excluding carboxylic acids is 1. The number of nitrogens with one attached hydrogen (secondary N) is 2. The van der Waals surface area contributed by atoms with E-state index < -0.39 is 10.0 Å². The number of fused-ring (bicyclic) bond motifs is 1. The van der Waals surface area contributed by atoms with Gasteiger partial charge in [-0.25, -0.2) is 13.1 Å². The topological polar surface area (TPSA) is 80.2 Å². The van der Waals surface area contributed by atoms with Crippen LogP contribution in [0, 0.1) is 0 Å². The van der Waals surface area contributed by atoms with Crippen molar-refractivity contribution in [3.8, 4) is 0 Å². The van der Waals surface area contributed by atoms with E-state index in [1.165, 1.54) is 23.0 Å². The predicted octanol–water partition coefficient (Wildman–Crippen LogP) is 2.90. The maximum atomic E-state index is 12.3. The third-order valence-corrected chi connectivity index (χ3v) is 6.40. The summed E-state index contributed by atoms with van der Waals surface area (Å²) < 4.78 is 29.1. The van der Waals surface area contributed by atoms with E-state index in [0.29, 0.717) is 12.1 Å². The number of aromatic nitrogens is 1. The van der Waals surface area contributed by atoms with Crippen molar-refractivity contribution in [2.45, 2.75) is 36.7 Å². The third kappa shape index (κ3) is 4.26. The summed E-state index contributed by atoms with van der Waals surface area (Å²) in [7, 11) is -3.49. The standard InChI is InChI=1S/C21H23N3O3S/c25-21(17-6-10-19(11-7-17)28(26,27)23-18-8-9-18)22-13-3-14-24-15-12-16-4-1-2-5-20(16)24/h1-2,4-7,10-12,15,18,23H,3,8-9,13-14H2,(H,22,25). The first-order chi connectivity index (χ1) is 13.5. The molecule has 0 saturated heterocycles. The molecule has 0 spiro atoms. The maximum Gasteiger partial charge on any atom is 0.251 e. The summed E-state index contributed by atoms with van der Waals surface area (Å²) in [5.41, 5.74) is 1.64. The van der Waals surface area contributed by atoms with Gasteiger partial charge in [0.2, 0.25) is 10.0 Å². The lowest BCUT2D eigenvalue weighted by Crippen LogP contribution is -2.27. The highest BCUT2D eigenvalue weighted by Gasteiger charge is 2.27. The Morgan fingerprint density at radius 2 is 1.79 bits per heavy atom. The van der Waals surface area contributed by atoms with Crippen LogP contribution in [-0.2, 0) is 16.6 Å². The van der Waals surface area contributed by atoms with Crippen LogP contribution in [0.25, 0.3) is 10.9 Å². The molecular weight excluding hydrogens is 374 g/mol. The van der Waals surface area contributed by atoms with Crippen LogP contribution in [0.3, 0.4) is 0 Å². The number of rotatable bonds is 8. The van der Waals surface area contributed by atoms with Crippen LogP contribution in [-0.4, -0.2) is 31.5 Å². The lowest BCUT2D eigenvalue weighted by atomic mass is 10.2. The lowest BCUT2D eigenvalue weighted by molar-refractivity contribution is 0.0952. The molecule has 0 aliphatic heterocycles. The van der Waals surface area contributed by atoms with Crippen molar-refractivity contribution in [3.05, 3.63) is 66.4 Å². The van der Waals surface area contributed by atoms with Gasteiger partial charge in [0.1, 0.15) is 0 Å². The van der Waals surface area contributed by atoms with E-state index >= 15 is 0 Å². The van der Waals surface area contributed by atoms with Crippen LogP contribution in [0.5, 0.6) is 0 Å². The zero-order chi connectivity index (χ0) is 19.6. The van der Waals surface area contributed by atoms with E-state index in [2.05, 4.69) is 39.0 Å². The zero-order valence-electron chi connectivity index (χ0n) is 15.5. The minimum Gasteiger partial charge on any atom is -0.352 e. The monoisotopic (exact) mass is 397 g/mol. The summed E-state index contributed by atoms with van der Waals surface area (Å²) in [5.74, 6) is -0.198. The van der Waals surface area contributed by atoms with E-state index in [4.69, 9.17) is 0 Å². The van der Waals surface area contributed by atoms with Gasteiger partial charge in [-0.1, -0.05) is 18.2 Å². The van der Waals surface area contributed by atoms with Crippen LogP contribution < -0.4 is 10.0 Å². The molecular formula is C21H23N3O3S. The Labute approximate surface area is 164 Å². The Bertz CT molecular complexity index is 1080. The molecule has 2 aromatic carbocycles. The highest BCUT2D eigenvalue weighted by Crippen LogP contribution is 2.22. The SMILES string of the molecule is O=C(NCCCn1ccc2ccccc21)c1ccc(S(=O)(=O)NC2CC2)cc1. The fourth-order valence-corrected chi connectivity index (χ4v) is 4.47. The van der Waals surface area contributed by atoms with Crippen molar-refractivity contribution in [2.24, 2.45) is 0 Å². The second-order valence-corrected chi connectivity index (χ2v) is 8.81. The van der Waals surface area contributed by atoms with E-state index in [9.17, 15) is 13.2 Å². The van der Waals surface area contributed by atoms with Crippen LogP contribution in [0.1, 0.15) is 29.6 Å². The molecule has 0 unspecified atom stereocenters. The fraction of sp³-hybridized carbons (Fsp3) is 0.286. The molecule has 7 heteroatoms. The van der Waals surface area contributed by atoms with E-state index in [1.54, 1.807) is 12.1 Å². The second kappa shape index (κ2) is 7.77. The third-order valence-electron chi connectivity index (χ3n) is 4.87. The minimum atomic E-state index is -3.49. The Hall–Kier alpha value is -2.64. The lowest BCUT2D eigenvalue weighted by Gasteiger charge is -2.09. The maximum absolute atomic E-state index is 12.3. The van der Waals surface area contributed by atoms with Crippen molar-refractivity contribution >= 4 is 26.8 Å². The number of sulfonamides is 1. The van der Waals surface area contributed by atoms with Gasteiger partial charge in [0.05, 0.1) is 4.90 Å². The highest BCUT2D eigenvalue weighted by atomic mass is 32.2. The summed E-state index contributed by atoms with van der Waals surface area (Å²) in [5, 5.41) is 4.10. The van der Waals surface area contributed by atoms with Crippen LogP contribution in [0.2, 0.25) is 0 Å². The summed E-state index contributed by atoms with van der Waals surface area (Å²) in [6.45, 7) is 1.37.